The van der Waals surface area contributed by atoms with Crippen molar-refractivity contribution in [2.24, 2.45) is 10.7 Å². The molecule has 10 nitrogen and oxygen atoms in total. The number of hydrogen-bond acceptors (Lipinski definition) is 8. The zero-order chi connectivity index (χ0) is 28.6. The Morgan fingerprint density at radius 3 is 2.33 bits per heavy atom. The number of aromatic amines is 1. The van der Waals surface area contributed by atoms with Crippen LogP contribution in [0.2, 0.25) is 0 Å². The van der Waals surface area contributed by atoms with E-state index in [4.69, 9.17) is 24.9 Å². The van der Waals surface area contributed by atoms with E-state index in [1.54, 1.807) is 75.5 Å². The van der Waals surface area contributed by atoms with Crippen molar-refractivity contribution in [1.82, 2.24) is 4.98 Å². The first-order valence-electron chi connectivity index (χ1n) is 12.4. The number of hydrogen-bond donors (Lipinski definition) is 3. The lowest BCUT2D eigenvalue weighted by Gasteiger charge is -2.26. The number of methoxy groups -OCH3 is 1. The van der Waals surface area contributed by atoms with E-state index in [1.807, 2.05) is 6.07 Å². The standard InChI is InChI=1S/C30H28N4O6/c1-30(2,31)29(37)34(3)20-9-7-19(8-10-20)32-26(17-6-12-23-24(16-17)40-14-13-39-23)25-21-11-5-18(28(36)38-4)15-22(21)33-27(25)35/h5-16,33,35H,31H2,1-4H3. The SMILES string of the molecule is COC(=O)c1ccc2c(C(=Nc3ccc(N(C)C(=O)C(C)(C)N)cc3)c3ccc4c(c3)OC=CO4)c(O)[nH]c2c1. The van der Waals surface area contributed by atoms with Crippen molar-refractivity contribution < 1.29 is 28.9 Å². The largest absolute Gasteiger partial charge is 0.494 e. The summed E-state index contributed by atoms with van der Waals surface area (Å²) in [6.45, 7) is 3.31. The van der Waals surface area contributed by atoms with Crippen LogP contribution >= 0.6 is 0 Å². The number of amides is 1. The molecule has 4 N–H and O–H groups in total. The lowest BCUT2D eigenvalue weighted by molar-refractivity contribution is -0.122. The summed E-state index contributed by atoms with van der Waals surface area (Å²) >= 11 is 0. The Morgan fingerprint density at radius 2 is 1.65 bits per heavy atom. The Morgan fingerprint density at radius 1 is 0.975 bits per heavy atom. The topological polar surface area (TPSA) is 139 Å². The third-order valence-electron chi connectivity index (χ3n) is 6.43. The molecule has 5 rings (SSSR count). The molecular formula is C30H28N4O6. The van der Waals surface area contributed by atoms with E-state index >= 15 is 0 Å². The third kappa shape index (κ3) is 4.99. The highest BCUT2D eigenvalue weighted by Gasteiger charge is 2.26. The number of nitrogens with zero attached hydrogens (tertiary/aromatic N) is 2. The third-order valence-corrected chi connectivity index (χ3v) is 6.43. The number of aromatic nitrogens is 1. The first kappa shape index (κ1) is 26.5. The first-order valence-corrected chi connectivity index (χ1v) is 12.4. The lowest BCUT2D eigenvalue weighted by Crippen LogP contribution is -2.49. The van der Waals surface area contributed by atoms with Crippen LogP contribution in [0.25, 0.3) is 10.9 Å². The second-order valence-corrected chi connectivity index (χ2v) is 9.83. The molecule has 2 heterocycles. The number of fused-ring (bicyclic) bond motifs is 2. The minimum absolute atomic E-state index is 0.127. The van der Waals surface area contributed by atoms with E-state index in [1.165, 1.54) is 24.5 Å². The van der Waals surface area contributed by atoms with E-state index < -0.39 is 11.5 Å². The number of nitrogens with two attached hydrogens (primary N) is 1. The zero-order valence-electron chi connectivity index (χ0n) is 22.4. The van der Waals surface area contributed by atoms with Gasteiger partial charge >= 0.3 is 5.97 Å². The van der Waals surface area contributed by atoms with Gasteiger partial charge < -0.3 is 34.9 Å². The number of aromatic hydroxyl groups is 1. The van der Waals surface area contributed by atoms with E-state index in [2.05, 4.69) is 4.98 Å². The minimum atomic E-state index is -1.02. The molecule has 204 valence electrons. The maximum Gasteiger partial charge on any atom is 0.337 e. The second kappa shape index (κ2) is 10.2. The Hall–Kier alpha value is -5.09. The number of likely N-dealkylation sites (N-methyl/N-ethyl adjacent to an activating group) is 1. The molecule has 0 aliphatic carbocycles. The first-order chi connectivity index (χ1) is 19.1. The van der Waals surface area contributed by atoms with Crippen molar-refractivity contribution in [2.75, 3.05) is 19.1 Å². The molecule has 0 saturated carbocycles. The van der Waals surface area contributed by atoms with Crippen LogP contribution in [0.4, 0.5) is 11.4 Å². The molecule has 0 bridgehead atoms. The van der Waals surface area contributed by atoms with Gasteiger partial charge in [-0.25, -0.2) is 9.79 Å². The summed E-state index contributed by atoms with van der Waals surface area (Å²) in [5, 5.41) is 11.7. The molecule has 1 aromatic heterocycles. The van der Waals surface area contributed by atoms with Crippen molar-refractivity contribution in [2.45, 2.75) is 19.4 Å². The van der Waals surface area contributed by atoms with E-state index in [-0.39, 0.29) is 11.8 Å². The normalized spacial score (nSPS) is 12.9. The summed E-state index contributed by atoms with van der Waals surface area (Å²) in [4.78, 5) is 34.0. The Bertz CT molecular complexity index is 1680. The van der Waals surface area contributed by atoms with Crippen LogP contribution in [0.1, 0.15) is 35.3 Å². The number of benzene rings is 3. The van der Waals surface area contributed by atoms with E-state index in [0.717, 1.165) is 0 Å². The van der Waals surface area contributed by atoms with Crippen molar-refractivity contribution in [3.63, 3.8) is 0 Å². The fourth-order valence-electron chi connectivity index (χ4n) is 4.41. The molecule has 0 unspecified atom stereocenters. The molecule has 0 fully saturated rings. The van der Waals surface area contributed by atoms with Gasteiger partial charge in [-0.05, 0) is 68.4 Å². The molecule has 0 radical (unpaired) electrons. The molecule has 1 amide bonds. The number of carbonyl (C=O) groups excluding carboxylic acids is 2. The van der Waals surface area contributed by atoms with Crippen molar-refractivity contribution in [3.05, 3.63) is 89.9 Å². The second-order valence-electron chi connectivity index (χ2n) is 9.83. The Balaban J connectivity index is 1.63. The van der Waals surface area contributed by atoms with Gasteiger partial charge in [-0.1, -0.05) is 6.07 Å². The summed E-state index contributed by atoms with van der Waals surface area (Å²) in [6, 6.07) is 17.4. The molecule has 0 saturated heterocycles. The van der Waals surface area contributed by atoms with Gasteiger partial charge in [0.1, 0.15) is 12.5 Å². The van der Waals surface area contributed by atoms with Gasteiger partial charge in [0.05, 0.1) is 35.2 Å². The Kier molecular flexibility index (Phi) is 6.78. The van der Waals surface area contributed by atoms with Crippen LogP contribution in [0, 0.1) is 0 Å². The van der Waals surface area contributed by atoms with Crippen LogP contribution in [-0.4, -0.2) is 47.4 Å². The van der Waals surface area contributed by atoms with Gasteiger partial charge in [0.25, 0.3) is 0 Å². The zero-order valence-corrected chi connectivity index (χ0v) is 22.4. The number of ether oxygens (including phenoxy) is 3. The van der Waals surface area contributed by atoms with Gasteiger partial charge in [0.15, 0.2) is 17.4 Å². The number of rotatable bonds is 6. The number of carbonyl (C=O) groups is 2. The highest BCUT2D eigenvalue weighted by Crippen LogP contribution is 2.36. The molecule has 40 heavy (non-hydrogen) atoms. The predicted molar refractivity (Wildman–Crippen MR) is 152 cm³/mol. The van der Waals surface area contributed by atoms with Crippen LogP contribution in [0.5, 0.6) is 17.4 Å². The van der Waals surface area contributed by atoms with Crippen molar-refractivity contribution in [3.8, 4) is 17.4 Å². The number of anilines is 1. The summed E-state index contributed by atoms with van der Waals surface area (Å²) in [5.41, 5.74) is 8.57. The fraction of sp³-hybridized carbons (Fsp3) is 0.167. The lowest BCUT2D eigenvalue weighted by atomic mass is 9.99. The molecule has 3 aromatic carbocycles. The highest BCUT2D eigenvalue weighted by molar-refractivity contribution is 6.22. The van der Waals surface area contributed by atoms with E-state index in [9.17, 15) is 14.7 Å². The smallest absolute Gasteiger partial charge is 0.337 e. The highest BCUT2D eigenvalue weighted by atomic mass is 16.5. The number of nitrogens with one attached hydrogen (secondary N) is 1. The molecule has 4 aromatic rings. The van der Waals surface area contributed by atoms with Gasteiger partial charge in [0.2, 0.25) is 5.91 Å². The molecule has 0 atom stereocenters. The molecule has 10 heteroatoms. The van der Waals surface area contributed by atoms with Gasteiger partial charge in [-0.3, -0.25) is 4.79 Å². The maximum atomic E-state index is 12.6. The molecule has 1 aliphatic heterocycles. The summed E-state index contributed by atoms with van der Waals surface area (Å²) in [7, 11) is 2.97. The van der Waals surface area contributed by atoms with Crippen LogP contribution < -0.4 is 20.1 Å². The van der Waals surface area contributed by atoms with Crippen molar-refractivity contribution in [1.29, 1.82) is 0 Å². The minimum Gasteiger partial charge on any atom is -0.494 e. The monoisotopic (exact) mass is 540 g/mol. The maximum absolute atomic E-state index is 12.6. The molecular weight excluding hydrogens is 512 g/mol. The van der Waals surface area contributed by atoms with Crippen LogP contribution in [-0.2, 0) is 9.53 Å². The average molecular weight is 541 g/mol. The quantitative estimate of drug-likeness (QED) is 0.236. The number of H-pyrrole nitrogens is 1. The average Bonchev–Trinajstić information content (AvgIpc) is 3.28. The van der Waals surface area contributed by atoms with E-state index in [0.29, 0.717) is 56.2 Å². The molecule has 0 spiro atoms. The fourth-order valence-corrected chi connectivity index (χ4v) is 4.41. The predicted octanol–water partition coefficient (Wildman–Crippen LogP) is 4.77. The number of esters is 1. The van der Waals surface area contributed by atoms with Gasteiger partial charge in [0, 0.05) is 29.2 Å². The van der Waals surface area contributed by atoms with Gasteiger partial charge in [-0.2, -0.15) is 0 Å². The molecule has 1 aliphatic rings. The Labute approximate surface area is 230 Å². The summed E-state index contributed by atoms with van der Waals surface area (Å²) in [6.07, 6.45) is 2.87. The van der Waals surface area contributed by atoms with Crippen molar-refractivity contribution >= 4 is 39.9 Å². The van der Waals surface area contributed by atoms with Crippen LogP contribution in [0.15, 0.2) is 78.2 Å². The summed E-state index contributed by atoms with van der Waals surface area (Å²) < 4.78 is 15.9. The number of aliphatic imine (C=N–C) groups is 1. The van der Waals surface area contributed by atoms with Gasteiger partial charge in [-0.15, -0.1) is 0 Å². The van der Waals surface area contributed by atoms with Crippen LogP contribution in [0.3, 0.4) is 0 Å². The summed E-state index contributed by atoms with van der Waals surface area (Å²) in [5.74, 6) is 0.173.